The first kappa shape index (κ1) is 16.7. The van der Waals surface area contributed by atoms with Crippen molar-refractivity contribution >= 4 is 29.3 Å². The summed E-state index contributed by atoms with van der Waals surface area (Å²) in [6.07, 6.45) is 6.09. The molecule has 0 radical (unpaired) electrons. The van der Waals surface area contributed by atoms with Crippen molar-refractivity contribution in [3.05, 3.63) is 34.9 Å². The molecular weight excluding hydrogens is 342 g/mol. The molecule has 0 bridgehead atoms. The second-order valence-electron chi connectivity index (χ2n) is 7.20. The Hall–Kier alpha value is -0.710. The highest BCUT2D eigenvalue weighted by Gasteiger charge is 2.47. The van der Waals surface area contributed by atoms with Crippen molar-refractivity contribution in [3.8, 4) is 0 Å². The molecule has 24 heavy (non-hydrogen) atoms. The molecule has 1 saturated carbocycles. The molecule has 2 saturated heterocycles. The summed E-state index contributed by atoms with van der Waals surface area (Å²) in [7, 11) is 0. The SMILES string of the molecule is O=C(N1CCC2(CC1)OCCS2)C1(c2ccc(Cl)cc2)CCCC1. The highest BCUT2D eigenvalue weighted by Crippen LogP contribution is 2.46. The summed E-state index contributed by atoms with van der Waals surface area (Å²) in [5.41, 5.74) is 0.805. The molecule has 130 valence electrons. The minimum atomic E-state index is -0.335. The Morgan fingerprint density at radius 3 is 2.33 bits per heavy atom. The van der Waals surface area contributed by atoms with Crippen LogP contribution in [-0.2, 0) is 14.9 Å². The summed E-state index contributed by atoms with van der Waals surface area (Å²) in [6.45, 7) is 2.50. The second-order valence-corrected chi connectivity index (χ2v) is 9.07. The Morgan fingerprint density at radius 2 is 1.75 bits per heavy atom. The van der Waals surface area contributed by atoms with Crippen LogP contribution in [0.15, 0.2) is 24.3 Å². The van der Waals surface area contributed by atoms with Crippen LogP contribution in [-0.4, -0.2) is 41.2 Å². The smallest absolute Gasteiger partial charge is 0.233 e. The average Bonchev–Trinajstić information content (AvgIpc) is 3.26. The molecule has 0 N–H and O–H groups in total. The Bertz CT molecular complexity index is 596. The van der Waals surface area contributed by atoms with Crippen molar-refractivity contribution in [1.29, 1.82) is 0 Å². The minimum absolute atomic E-state index is 0.0140. The van der Waals surface area contributed by atoms with Gasteiger partial charge in [-0.1, -0.05) is 36.6 Å². The lowest BCUT2D eigenvalue weighted by molar-refractivity contribution is -0.140. The van der Waals surface area contributed by atoms with Crippen molar-refractivity contribution in [3.63, 3.8) is 0 Å². The number of likely N-dealkylation sites (tertiary alicyclic amines) is 1. The third kappa shape index (κ3) is 2.87. The summed E-state index contributed by atoms with van der Waals surface area (Å²) in [6, 6.07) is 7.93. The van der Waals surface area contributed by atoms with E-state index in [4.69, 9.17) is 16.3 Å². The lowest BCUT2D eigenvalue weighted by Crippen LogP contribution is -2.51. The van der Waals surface area contributed by atoms with E-state index < -0.39 is 0 Å². The Morgan fingerprint density at radius 1 is 1.08 bits per heavy atom. The van der Waals surface area contributed by atoms with Gasteiger partial charge in [0.1, 0.15) is 4.93 Å². The van der Waals surface area contributed by atoms with Crippen molar-refractivity contribution in [1.82, 2.24) is 4.90 Å². The van der Waals surface area contributed by atoms with Crippen LogP contribution in [0, 0.1) is 0 Å². The maximum atomic E-state index is 13.5. The van der Waals surface area contributed by atoms with Gasteiger partial charge in [0.25, 0.3) is 0 Å². The van der Waals surface area contributed by atoms with E-state index in [2.05, 4.69) is 4.90 Å². The van der Waals surface area contributed by atoms with Crippen LogP contribution in [0.1, 0.15) is 44.1 Å². The number of piperidine rings is 1. The van der Waals surface area contributed by atoms with E-state index >= 15 is 0 Å². The van der Waals surface area contributed by atoms with E-state index in [9.17, 15) is 4.79 Å². The Kier molecular flexibility index (Phi) is 4.57. The zero-order valence-corrected chi connectivity index (χ0v) is 15.5. The molecule has 0 aromatic heterocycles. The van der Waals surface area contributed by atoms with Gasteiger partial charge in [-0.2, -0.15) is 0 Å². The lowest BCUT2D eigenvalue weighted by atomic mass is 9.77. The van der Waals surface area contributed by atoms with E-state index in [-0.39, 0.29) is 10.3 Å². The third-order valence-corrected chi connectivity index (χ3v) is 7.56. The molecule has 0 atom stereocenters. The van der Waals surface area contributed by atoms with Gasteiger partial charge in [0.05, 0.1) is 12.0 Å². The fraction of sp³-hybridized carbons (Fsp3) is 0.632. The summed E-state index contributed by atoms with van der Waals surface area (Å²) in [5, 5.41) is 0.731. The molecule has 1 spiro atoms. The van der Waals surface area contributed by atoms with Gasteiger partial charge in [0, 0.05) is 36.7 Å². The number of amides is 1. The summed E-state index contributed by atoms with van der Waals surface area (Å²) < 4.78 is 5.97. The lowest BCUT2D eigenvalue weighted by Gasteiger charge is -2.42. The molecule has 1 amide bonds. The van der Waals surface area contributed by atoms with Crippen LogP contribution in [0.5, 0.6) is 0 Å². The summed E-state index contributed by atoms with van der Waals surface area (Å²) in [5.74, 6) is 1.41. The molecule has 1 aromatic carbocycles. The number of ether oxygens (including phenoxy) is 1. The number of carbonyl (C=O) groups is 1. The maximum absolute atomic E-state index is 13.5. The van der Waals surface area contributed by atoms with E-state index in [0.717, 1.165) is 74.6 Å². The van der Waals surface area contributed by atoms with Gasteiger partial charge >= 0.3 is 0 Å². The number of benzene rings is 1. The summed E-state index contributed by atoms with van der Waals surface area (Å²) in [4.78, 5) is 15.5. The topological polar surface area (TPSA) is 29.5 Å². The van der Waals surface area contributed by atoms with E-state index in [1.165, 1.54) is 0 Å². The molecule has 2 aliphatic heterocycles. The van der Waals surface area contributed by atoms with Crippen molar-refractivity contribution in [2.75, 3.05) is 25.4 Å². The number of hydrogen-bond acceptors (Lipinski definition) is 3. The standard InChI is InChI=1S/C19H24ClNO2S/c20-16-5-3-15(4-6-16)18(7-1-2-8-18)17(22)21-11-9-19(10-12-21)23-13-14-24-19/h3-6H,1-2,7-14H2. The quantitative estimate of drug-likeness (QED) is 0.785. The zero-order chi connectivity index (χ0) is 16.6. The number of carbonyl (C=O) groups excluding carboxylic acids is 1. The molecule has 1 aliphatic carbocycles. The largest absolute Gasteiger partial charge is 0.363 e. The van der Waals surface area contributed by atoms with Gasteiger partial charge in [-0.25, -0.2) is 0 Å². The van der Waals surface area contributed by atoms with Crippen LogP contribution in [0.2, 0.25) is 5.02 Å². The molecule has 3 nitrogen and oxygen atoms in total. The first-order chi connectivity index (χ1) is 11.6. The third-order valence-electron chi connectivity index (χ3n) is 5.89. The molecule has 2 heterocycles. The first-order valence-electron chi connectivity index (χ1n) is 8.97. The summed E-state index contributed by atoms with van der Waals surface area (Å²) >= 11 is 7.98. The van der Waals surface area contributed by atoms with Gasteiger partial charge in [-0.05, 0) is 30.5 Å². The number of thioether (sulfide) groups is 1. The van der Waals surface area contributed by atoms with Crippen molar-refractivity contribution in [2.45, 2.75) is 48.9 Å². The van der Waals surface area contributed by atoms with Crippen molar-refractivity contribution in [2.24, 2.45) is 0 Å². The van der Waals surface area contributed by atoms with Gasteiger partial charge in [0.2, 0.25) is 5.91 Å². The first-order valence-corrected chi connectivity index (χ1v) is 10.3. The van der Waals surface area contributed by atoms with Crippen LogP contribution in [0.4, 0.5) is 0 Å². The highest BCUT2D eigenvalue weighted by atomic mass is 35.5. The predicted octanol–water partition coefficient (Wildman–Crippen LogP) is 4.23. The Labute approximate surface area is 153 Å². The molecule has 4 rings (SSSR count). The predicted molar refractivity (Wildman–Crippen MR) is 98.6 cm³/mol. The molecule has 3 aliphatic rings. The van der Waals surface area contributed by atoms with E-state index in [1.54, 1.807) is 0 Å². The molecular formula is C19H24ClNO2S. The Balaban J connectivity index is 1.54. The maximum Gasteiger partial charge on any atom is 0.233 e. The van der Waals surface area contributed by atoms with Gasteiger partial charge in [-0.15, -0.1) is 11.8 Å². The van der Waals surface area contributed by atoms with Crippen LogP contribution in [0.3, 0.4) is 0 Å². The molecule has 3 fully saturated rings. The zero-order valence-electron chi connectivity index (χ0n) is 13.9. The number of rotatable bonds is 2. The van der Waals surface area contributed by atoms with Crippen LogP contribution < -0.4 is 0 Å². The minimum Gasteiger partial charge on any atom is -0.363 e. The molecule has 0 unspecified atom stereocenters. The van der Waals surface area contributed by atoms with Crippen LogP contribution in [0.25, 0.3) is 0 Å². The number of hydrogen-bond donors (Lipinski definition) is 0. The monoisotopic (exact) mass is 365 g/mol. The normalized spacial score (nSPS) is 25.3. The fourth-order valence-corrected chi connectivity index (χ4v) is 5.81. The average molecular weight is 366 g/mol. The van der Waals surface area contributed by atoms with Crippen molar-refractivity contribution < 1.29 is 9.53 Å². The van der Waals surface area contributed by atoms with E-state index in [1.807, 2.05) is 36.0 Å². The fourth-order valence-electron chi connectivity index (χ4n) is 4.51. The molecule has 5 heteroatoms. The van der Waals surface area contributed by atoms with Gasteiger partial charge in [0.15, 0.2) is 0 Å². The number of halogens is 1. The van der Waals surface area contributed by atoms with Crippen LogP contribution >= 0.6 is 23.4 Å². The number of nitrogens with zero attached hydrogens (tertiary/aromatic N) is 1. The van der Waals surface area contributed by atoms with Gasteiger partial charge in [-0.3, -0.25) is 4.79 Å². The second kappa shape index (κ2) is 6.54. The van der Waals surface area contributed by atoms with Gasteiger partial charge < -0.3 is 9.64 Å². The molecule has 1 aromatic rings. The highest BCUT2D eigenvalue weighted by molar-refractivity contribution is 8.00. The van der Waals surface area contributed by atoms with E-state index in [0.29, 0.717) is 5.91 Å².